The average Bonchev–Trinajstić information content (AvgIpc) is 2.57. The molecule has 0 aliphatic rings. The molecule has 0 aliphatic carbocycles. The number of rotatable bonds is 7. The summed E-state index contributed by atoms with van der Waals surface area (Å²) in [5, 5.41) is 8.90. The molecule has 0 amide bonds. The van der Waals surface area contributed by atoms with Gasteiger partial charge in [-0.2, -0.15) is 4.57 Å². The molecule has 0 radical (unpaired) electrons. The minimum atomic E-state index is 0.261. The van der Waals surface area contributed by atoms with Gasteiger partial charge in [-0.3, -0.25) is 0 Å². The summed E-state index contributed by atoms with van der Waals surface area (Å²) in [4.78, 5) is 1.33. The summed E-state index contributed by atoms with van der Waals surface area (Å²) in [5.74, 6) is 0. The zero-order chi connectivity index (χ0) is 11.1. The normalized spacial score (nSPS) is 10.9. The number of aromatic nitrogens is 1. The number of nitrogens with zero attached hydrogens (tertiary/aromatic N) is 1. The summed E-state index contributed by atoms with van der Waals surface area (Å²) in [7, 11) is 0. The van der Waals surface area contributed by atoms with Crippen molar-refractivity contribution in [1.82, 2.24) is 0 Å². The molecular weight excluding hydrogens is 206 g/mol. The molecule has 0 atom stereocenters. The Hall–Kier alpha value is -0.410. The van der Waals surface area contributed by atoms with Crippen molar-refractivity contribution in [2.24, 2.45) is 0 Å². The van der Waals surface area contributed by atoms with Gasteiger partial charge in [-0.15, -0.1) is 0 Å². The van der Waals surface area contributed by atoms with Crippen LogP contribution in [-0.2, 0) is 13.0 Å². The molecule has 0 unspecified atom stereocenters. The third-order valence-electron chi connectivity index (χ3n) is 2.75. The van der Waals surface area contributed by atoms with Gasteiger partial charge in [0.25, 0.3) is 0 Å². The van der Waals surface area contributed by atoms with Crippen LogP contribution in [0.4, 0.5) is 0 Å². The second-order valence-electron chi connectivity index (χ2n) is 3.96. The molecule has 15 heavy (non-hydrogen) atoms. The van der Waals surface area contributed by atoms with Crippen molar-refractivity contribution in [3.05, 3.63) is 16.1 Å². The second kappa shape index (κ2) is 6.96. The van der Waals surface area contributed by atoms with Gasteiger partial charge in [0.15, 0.2) is 5.69 Å². The van der Waals surface area contributed by atoms with E-state index in [2.05, 4.69) is 23.9 Å². The second-order valence-corrected chi connectivity index (χ2v) is 4.90. The third kappa shape index (κ3) is 3.92. The van der Waals surface area contributed by atoms with Gasteiger partial charge in [0.2, 0.25) is 5.51 Å². The van der Waals surface area contributed by atoms with E-state index in [4.69, 9.17) is 5.11 Å². The van der Waals surface area contributed by atoms with Crippen LogP contribution < -0.4 is 4.57 Å². The van der Waals surface area contributed by atoms with Crippen LogP contribution in [-0.4, -0.2) is 11.7 Å². The molecule has 2 nitrogen and oxygen atoms in total. The minimum absolute atomic E-state index is 0.261. The summed E-state index contributed by atoms with van der Waals surface area (Å²) in [6.07, 6.45) is 6.04. The molecule has 1 aromatic rings. The lowest BCUT2D eigenvalue weighted by molar-refractivity contribution is -0.698. The van der Waals surface area contributed by atoms with E-state index < -0.39 is 0 Å². The predicted octanol–water partition coefficient (Wildman–Crippen LogP) is 2.46. The molecule has 3 heteroatoms. The molecular formula is C12H22NOS+. The number of aliphatic hydroxyl groups is 1. The van der Waals surface area contributed by atoms with Crippen LogP contribution >= 0.6 is 11.3 Å². The molecule has 0 saturated heterocycles. The van der Waals surface area contributed by atoms with Crippen LogP contribution in [0, 0.1) is 6.92 Å². The highest BCUT2D eigenvalue weighted by Crippen LogP contribution is 2.11. The Morgan fingerprint density at radius 2 is 2.13 bits per heavy atom. The van der Waals surface area contributed by atoms with Gasteiger partial charge >= 0.3 is 0 Å². The van der Waals surface area contributed by atoms with Crippen LogP contribution in [0.3, 0.4) is 0 Å². The van der Waals surface area contributed by atoms with Crippen LogP contribution in [0.5, 0.6) is 0 Å². The SMILES string of the molecule is CCCCCC[n+]1csc(CCO)c1C. The quantitative estimate of drug-likeness (QED) is 0.562. The number of aliphatic hydroxyl groups excluding tert-OH is 1. The van der Waals surface area contributed by atoms with E-state index in [1.165, 1.54) is 36.3 Å². The van der Waals surface area contributed by atoms with Gasteiger partial charge in [0.05, 0.1) is 4.88 Å². The summed E-state index contributed by atoms with van der Waals surface area (Å²) < 4.78 is 2.32. The maximum Gasteiger partial charge on any atom is 0.225 e. The van der Waals surface area contributed by atoms with E-state index in [9.17, 15) is 0 Å². The Bertz CT molecular complexity index is 283. The maximum absolute atomic E-state index is 8.90. The molecule has 86 valence electrons. The van der Waals surface area contributed by atoms with Gasteiger partial charge in [-0.05, 0) is 6.42 Å². The summed E-state index contributed by atoms with van der Waals surface area (Å²) in [6, 6.07) is 0. The van der Waals surface area contributed by atoms with Gasteiger partial charge < -0.3 is 5.11 Å². The van der Waals surface area contributed by atoms with Crippen LogP contribution in [0.15, 0.2) is 5.51 Å². The molecule has 0 fully saturated rings. The molecule has 0 aliphatic heterocycles. The zero-order valence-corrected chi connectivity index (χ0v) is 10.6. The fourth-order valence-corrected chi connectivity index (χ4v) is 2.74. The monoisotopic (exact) mass is 228 g/mol. The van der Waals surface area contributed by atoms with Gasteiger partial charge in [-0.25, -0.2) is 0 Å². The predicted molar refractivity (Wildman–Crippen MR) is 64.2 cm³/mol. The molecule has 0 spiro atoms. The highest BCUT2D eigenvalue weighted by atomic mass is 32.1. The van der Waals surface area contributed by atoms with E-state index in [-0.39, 0.29) is 6.61 Å². The van der Waals surface area contributed by atoms with Crippen molar-refractivity contribution in [2.45, 2.75) is 52.5 Å². The van der Waals surface area contributed by atoms with E-state index >= 15 is 0 Å². The average molecular weight is 228 g/mol. The van der Waals surface area contributed by atoms with Crippen molar-refractivity contribution in [2.75, 3.05) is 6.61 Å². The first-order valence-corrected chi connectivity index (χ1v) is 6.74. The van der Waals surface area contributed by atoms with Crippen LogP contribution in [0.25, 0.3) is 0 Å². The fourth-order valence-electron chi connectivity index (χ4n) is 1.72. The Morgan fingerprint density at radius 3 is 2.80 bits per heavy atom. The van der Waals surface area contributed by atoms with Crippen molar-refractivity contribution >= 4 is 11.3 Å². The minimum Gasteiger partial charge on any atom is -0.396 e. The molecule has 1 heterocycles. The Morgan fingerprint density at radius 1 is 1.33 bits per heavy atom. The lowest BCUT2D eigenvalue weighted by Crippen LogP contribution is -2.34. The maximum atomic E-state index is 8.90. The molecule has 1 aromatic heterocycles. The number of thiazole rings is 1. The van der Waals surface area contributed by atoms with Gasteiger partial charge in [0, 0.05) is 26.4 Å². The summed E-state index contributed by atoms with van der Waals surface area (Å²) >= 11 is 1.77. The van der Waals surface area contributed by atoms with Crippen molar-refractivity contribution in [3.63, 3.8) is 0 Å². The van der Waals surface area contributed by atoms with Gasteiger partial charge in [0.1, 0.15) is 6.54 Å². The van der Waals surface area contributed by atoms with E-state index in [1.807, 2.05) is 0 Å². The molecule has 0 saturated carbocycles. The highest BCUT2D eigenvalue weighted by Gasteiger charge is 2.13. The number of hydrogen-bond donors (Lipinski definition) is 1. The highest BCUT2D eigenvalue weighted by molar-refractivity contribution is 7.09. The van der Waals surface area contributed by atoms with Crippen molar-refractivity contribution in [3.8, 4) is 0 Å². The Balaban J connectivity index is 2.40. The molecule has 0 aromatic carbocycles. The van der Waals surface area contributed by atoms with Crippen molar-refractivity contribution < 1.29 is 9.67 Å². The standard InChI is InChI=1S/C12H22NOS/c1-3-4-5-6-8-13-10-15-12(7-9-14)11(13)2/h10,14H,3-9H2,1-2H3/q+1. The van der Waals surface area contributed by atoms with E-state index in [1.54, 1.807) is 11.3 Å². The van der Waals surface area contributed by atoms with Crippen LogP contribution in [0.1, 0.15) is 43.2 Å². The number of unbranched alkanes of at least 4 members (excludes halogenated alkanes) is 3. The lowest BCUT2D eigenvalue weighted by atomic mass is 10.2. The largest absolute Gasteiger partial charge is 0.396 e. The molecule has 1 rings (SSSR count). The zero-order valence-electron chi connectivity index (χ0n) is 9.83. The summed E-state index contributed by atoms with van der Waals surface area (Å²) in [6.45, 7) is 5.79. The first kappa shape index (κ1) is 12.7. The smallest absolute Gasteiger partial charge is 0.225 e. The Labute approximate surface area is 96.6 Å². The van der Waals surface area contributed by atoms with Crippen LogP contribution in [0.2, 0.25) is 0 Å². The molecule has 1 N–H and O–H groups in total. The van der Waals surface area contributed by atoms with Gasteiger partial charge in [-0.1, -0.05) is 31.1 Å². The Kier molecular flexibility index (Phi) is 5.88. The third-order valence-corrected chi connectivity index (χ3v) is 3.89. The number of aryl methyl sites for hydroxylation is 1. The first-order chi connectivity index (χ1) is 7.29. The first-order valence-electron chi connectivity index (χ1n) is 5.86. The van der Waals surface area contributed by atoms with Crippen molar-refractivity contribution in [1.29, 1.82) is 0 Å². The van der Waals surface area contributed by atoms with E-state index in [0.717, 1.165) is 13.0 Å². The van der Waals surface area contributed by atoms with E-state index in [0.29, 0.717) is 0 Å². The topological polar surface area (TPSA) is 24.1 Å². The summed E-state index contributed by atoms with van der Waals surface area (Å²) in [5.41, 5.74) is 3.53. The molecule has 0 bridgehead atoms. The lowest BCUT2D eigenvalue weighted by Gasteiger charge is -1.96. The fraction of sp³-hybridized carbons (Fsp3) is 0.750. The number of hydrogen-bond acceptors (Lipinski definition) is 2.